The van der Waals surface area contributed by atoms with E-state index in [9.17, 15) is 4.79 Å². The fraction of sp³-hybridized carbons (Fsp3) is 0.235. The average Bonchev–Trinajstić information content (AvgIpc) is 2.52. The molecular formula is C17H18O3S. The van der Waals surface area contributed by atoms with E-state index >= 15 is 0 Å². The number of Topliss-reactive ketones (excluding diaryl/α,β-unsaturated/α-hetero) is 1. The molecule has 0 saturated heterocycles. The highest BCUT2D eigenvalue weighted by molar-refractivity contribution is 8.00. The van der Waals surface area contributed by atoms with Gasteiger partial charge in [-0.15, -0.1) is 11.8 Å². The van der Waals surface area contributed by atoms with Crippen LogP contribution in [0.2, 0.25) is 0 Å². The van der Waals surface area contributed by atoms with Crippen molar-refractivity contribution in [3.63, 3.8) is 0 Å². The van der Waals surface area contributed by atoms with E-state index in [0.717, 1.165) is 4.90 Å². The molecule has 2 rings (SSSR count). The van der Waals surface area contributed by atoms with Crippen molar-refractivity contribution in [1.29, 1.82) is 0 Å². The fourth-order valence-corrected chi connectivity index (χ4v) is 2.86. The smallest absolute Gasteiger partial charge is 0.176 e. The van der Waals surface area contributed by atoms with Crippen molar-refractivity contribution >= 4 is 17.5 Å². The second-order valence-corrected chi connectivity index (χ2v) is 5.64. The summed E-state index contributed by atoms with van der Waals surface area (Å²) in [4.78, 5) is 13.4. The van der Waals surface area contributed by atoms with Crippen LogP contribution in [-0.4, -0.2) is 25.8 Å². The minimum atomic E-state index is 0.0426. The molecule has 0 heterocycles. The molecule has 0 amide bonds. The van der Waals surface area contributed by atoms with Crippen molar-refractivity contribution in [3.05, 3.63) is 53.6 Å². The third-order valence-electron chi connectivity index (χ3n) is 3.07. The first-order chi connectivity index (χ1) is 10.1. The predicted molar refractivity (Wildman–Crippen MR) is 85.8 cm³/mol. The first-order valence-electron chi connectivity index (χ1n) is 6.58. The molecule has 2 aromatic carbocycles. The molecule has 0 spiro atoms. The Kier molecular flexibility index (Phi) is 5.28. The maximum absolute atomic E-state index is 12.3. The number of hydrogen-bond donors (Lipinski definition) is 0. The van der Waals surface area contributed by atoms with E-state index in [-0.39, 0.29) is 5.78 Å². The lowest BCUT2D eigenvalue weighted by Gasteiger charge is -2.09. The Morgan fingerprint density at radius 1 is 1.10 bits per heavy atom. The summed E-state index contributed by atoms with van der Waals surface area (Å²) in [7, 11) is 3.14. The molecule has 0 aliphatic heterocycles. The predicted octanol–water partition coefficient (Wildman–Crippen LogP) is 3.99. The van der Waals surface area contributed by atoms with Gasteiger partial charge in [-0.2, -0.15) is 0 Å². The Hall–Kier alpha value is -1.94. The van der Waals surface area contributed by atoms with Crippen LogP contribution in [0, 0.1) is 6.92 Å². The average molecular weight is 302 g/mol. The van der Waals surface area contributed by atoms with Gasteiger partial charge in [0, 0.05) is 11.0 Å². The monoisotopic (exact) mass is 302 g/mol. The van der Waals surface area contributed by atoms with Crippen molar-refractivity contribution in [2.75, 3.05) is 20.0 Å². The van der Waals surface area contributed by atoms with Crippen LogP contribution in [0.15, 0.2) is 47.4 Å². The molecule has 0 aromatic heterocycles. The first-order valence-corrected chi connectivity index (χ1v) is 7.57. The van der Waals surface area contributed by atoms with E-state index in [1.807, 2.05) is 25.1 Å². The summed E-state index contributed by atoms with van der Waals surface area (Å²) in [6.45, 7) is 2.04. The van der Waals surface area contributed by atoms with Crippen molar-refractivity contribution in [3.8, 4) is 11.5 Å². The zero-order chi connectivity index (χ0) is 15.2. The number of thioether (sulfide) groups is 1. The summed E-state index contributed by atoms with van der Waals surface area (Å²) in [5.41, 5.74) is 1.77. The van der Waals surface area contributed by atoms with Crippen LogP contribution in [0.1, 0.15) is 15.9 Å². The number of carbonyl (C=O) groups excluding carboxylic acids is 1. The molecule has 21 heavy (non-hydrogen) atoms. The number of ether oxygens (including phenoxy) is 2. The summed E-state index contributed by atoms with van der Waals surface area (Å²) in [5.74, 6) is 1.64. The Morgan fingerprint density at radius 2 is 1.90 bits per heavy atom. The maximum Gasteiger partial charge on any atom is 0.176 e. The molecule has 0 unspecified atom stereocenters. The number of benzene rings is 2. The summed E-state index contributed by atoms with van der Waals surface area (Å²) >= 11 is 1.53. The Morgan fingerprint density at radius 3 is 2.57 bits per heavy atom. The second-order valence-electron chi connectivity index (χ2n) is 4.59. The summed E-state index contributed by atoms with van der Waals surface area (Å²) in [5, 5.41) is 0. The first kappa shape index (κ1) is 15.4. The largest absolute Gasteiger partial charge is 0.497 e. The molecule has 4 heteroatoms. The molecule has 0 N–H and O–H groups in total. The van der Waals surface area contributed by atoms with Gasteiger partial charge in [0.25, 0.3) is 0 Å². The summed E-state index contributed by atoms with van der Waals surface area (Å²) in [6, 6.07) is 13.4. The van der Waals surface area contributed by atoms with Crippen molar-refractivity contribution in [1.82, 2.24) is 0 Å². The normalized spacial score (nSPS) is 10.2. The lowest BCUT2D eigenvalue weighted by molar-refractivity contribution is 0.101. The number of ketones is 1. The van der Waals surface area contributed by atoms with Crippen LogP contribution in [0.5, 0.6) is 11.5 Å². The minimum Gasteiger partial charge on any atom is -0.497 e. The number of carbonyl (C=O) groups is 1. The van der Waals surface area contributed by atoms with E-state index in [4.69, 9.17) is 9.47 Å². The Bertz CT molecular complexity index is 638. The molecule has 0 radical (unpaired) electrons. The van der Waals surface area contributed by atoms with Gasteiger partial charge >= 0.3 is 0 Å². The van der Waals surface area contributed by atoms with Gasteiger partial charge in [-0.3, -0.25) is 4.79 Å². The second kappa shape index (κ2) is 7.18. The number of rotatable bonds is 6. The van der Waals surface area contributed by atoms with E-state index < -0.39 is 0 Å². The van der Waals surface area contributed by atoms with Crippen LogP contribution in [-0.2, 0) is 0 Å². The Balaban J connectivity index is 2.10. The molecule has 3 nitrogen and oxygen atoms in total. The molecule has 0 bridgehead atoms. The maximum atomic E-state index is 12.3. The topological polar surface area (TPSA) is 35.5 Å². The highest BCUT2D eigenvalue weighted by Crippen LogP contribution is 2.27. The van der Waals surface area contributed by atoms with Gasteiger partial charge in [-0.25, -0.2) is 0 Å². The standard InChI is InChI=1S/C17H18O3S/c1-12-5-4-6-14(9-12)21-11-16(18)15-8-7-13(19-2)10-17(15)20-3/h4-10H,11H2,1-3H3. The van der Waals surface area contributed by atoms with E-state index in [1.165, 1.54) is 17.3 Å². The SMILES string of the molecule is COc1ccc(C(=O)CSc2cccc(C)c2)c(OC)c1. The van der Waals surface area contributed by atoms with Crippen LogP contribution in [0.3, 0.4) is 0 Å². The van der Waals surface area contributed by atoms with Gasteiger partial charge in [0.2, 0.25) is 0 Å². The number of hydrogen-bond acceptors (Lipinski definition) is 4. The zero-order valence-corrected chi connectivity index (χ0v) is 13.2. The molecule has 110 valence electrons. The van der Waals surface area contributed by atoms with Gasteiger partial charge < -0.3 is 9.47 Å². The van der Waals surface area contributed by atoms with Gasteiger partial charge in [-0.05, 0) is 31.2 Å². The zero-order valence-electron chi connectivity index (χ0n) is 12.4. The lowest BCUT2D eigenvalue weighted by Crippen LogP contribution is -2.05. The number of methoxy groups -OCH3 is 2. The van der Waals surface area contributed by atoms with Gasteiger partial charge in [0.05, 0.1) is 25.5 Å². The highest BCUT2D eigenvalue weighted by atomic mass is 32.2. The van der Waals surface area contributed by atoms with E-state index in [2.05, 4.69) is 6.07 Å². The van der Waals surface area contributed by atoms with E-state index in [1.54, 1.807) is 32.4 Å². The third kappa shape index (κ3) is 4.02. The van der Waals surface area contributed by atoms with Crippen LogP contribution in [0.4, 0.5) is 0 Å². The van der Waals surface area contributed by atoms with Crippen molar-refractivity contribution in [2.45, 2.75) is 11.8 Å². The minimum absolute atomic E-state index is 0.0426. The summed E-state index contributed by atoms with van der Waals surface area (Å²) in [6.07, 6.45) is 0. The van der Waals surface area contributed by atoms with Gasteiger partial charge in [0.1, 0.15) is 11.5 Å². The third-order valence-corrected chi connectivity index (χ3v) is 4.06. The van der Waals surface area contributed by atoms with Gasteiger partial charge in [0.15, 0.2) is 5.78 Å². The molecule has 0 aliphatic carbocycles. The number of aryl methyl sites for hydroxylation is 1. The molecule has 0 aliphatic rings. The van der Waals surface area contributed by atoms with E-state index in [0.29, 0.717) is 22.8 Å². The van der Waals surface area contributed by atoms with Crippen LogP contribution < -0.4 is 9.47 Å². The van der Waals surface area contributed by atoms with Crippen LogP contribution in [0.25, 0.3) is 0 Å². The Labute approximate surface area is 129 Å². The fourth-order valence-electron chi connectivity index (χ4n) is 1.96. The molecule has 2 aromatic rings. The quantitative estimate of drug-likeness (QED) is 0.597. The van der Waals surface area contributed by atoms with Crippen molar-refractivity contribution < 1.29 is 14.3 Å². The van der Waals surface area contributed by atoms with Crippen LogP contribution >= 0.6 is 11.8 Å². The molecular weight excluding hydrogens is 284 g/mol. The molecule has 0 atom stereocenters. The highest BCUT2D eigenvalue weighted by Gasteiger charge is 2.13. The summed E-state index contributed by atoms with van der Waals surface area (Å²) < 4.78 is 10.4. The molecule has 0 saturated carbocycles. The van der Waals surface area contributed by atoms with Crippen molar-refractivity contribution in [2.24, 2.45) is 0 Å². The lowest BCUT2D eigenvalue weighted by atomic mass is 10.1. The molecule has 0 fully saturated rings. The van der Waals surface area contributed by atoms with Gasteiger partial charge in [-0.1, -0.05) is 17.7 Å².